The second kappa shape index (κ2) is 6.91. The summed E-state index contributed by atoms with van der Waals surface area (Å²) in [6.07, 6.45) is -3.75. The van der Waals surface area contributed by atoms with Gasteiger partial charge in [-0.05, 0) is 37.3 Å². The van der Waals surface area contributed by atoms with Gasteiger partial charge in [-0.25, -0.2) is 26.9 Å². The fourth-order valence-electron chi connectivity index (χ4n) is 2.65. The Morgan fingerprint density at radius 3 is 2.62 bits per heavy atom. The van der Waals surface area contributed by atoms with Crippen LogP contribution in [-0.4, -0.2) is 25.9 Å². The predicted molar refractivity (Wildman–Crippen MR) is 75.9 cm³/mol. The molecule has 1 fully saturated rings. The molecule has 1 aliphatic carbocycles. The third kappa shape index (κ3) is 4.85. The standard InChI is InChI=1S/C14H17F5N2O2S/c15-13(16)6-1-3-10(5-7-13)9-21-24(22,23)12-11(14(17,18)19)4-2-8-20-12/h2,4,8,10,21H,1,3,5-7,9H2. The maximum atomic E-state index is 13.3. The van der Waals surface area contributed by atoms with E-state index >= 15 is 0 Å². The van der Waals surface area contributed by atoms with E-state index in [0.29, 0.717) is 12.5 Å². The number of rotatable bonds is 4. The lowest BCUT2D eigenvalue weighted by atomic mass is 10.0. The number of nitrogens with one attached hydrogen (secondary N) is 1. The summed E-state index contributed by atoms with van der Waals surface area (Å²) in [7, 11) is -4.48. The number of hydrogen-bond acceptors (Lipinski definition) is 3. The van der Waals surface area contributed by atoms with Crippen LogP contribution in [0.4, 0.5) is 22.0 Å². The molecule has 0 saturated heterocycles. The van der Waals surface area contributed by atoms with Crippen molar-refractivity contribution in [2.45, 2.75) is 49.2 Å². The van der Waals surface area contributed by atoms with E-state index in [2.05, 4.69) is 9.71 Å². The van der Waals surface area contributed by atoms with Gasteiger partial charge < -0.3 is 0 Å². The van der Waals surface area contributed by atoms with Crippen LogP contribution in [0.25, 0.3) is 0 Å². The minimum atomic E-state index is -4.86. The van der Waals surface area contributed by atoms with Gasteiger partial charge in [0.25, 0.3) is 10.0 Å². The fourth-order valence-corrected chi connectivity index (χ4v) is 3.92. The summed E-state index contributed by atoms with van der Waals surface area (Å²) in [5.74, 6) is -3.11. The van der Waals surface area contributed by atoms with Crippen molar-refractivity contribution in [3.8, 4) is 0 Å². The van der Waals surface area contributed by atoms with Crippen molar-refractivity contribution in [1.29, 1.82) is 0 Å². The summed E-state index contributed by atoms with van der Waals surface area (Å²) in [6, 6.07) is 1.63. The molecule has 24 heavy (non-hydrogen) atoms. The van der Waals surface area contributed by atoms with Crippen molar-refractivity contribution in [3.63, 3.8) is 0 Å². The average Bonchev–Trinajstić information content (AvgIpc) is 2.65. The molecule has 1 heterocycles. The van der Waals surface area contributed by atoms with Gasteiger partial charge in [-0.1, -0.05) is 0 Å². The average molecular weight is 372 g/mol. The number of aromatic nitrogens is 1. The lowest BCUT2D eigenvalue weighted by molar-refractivity contribution is -0.140. The Kier molecular flexibility index (Phi) is 5.48. The molecule has 2 rings (SSSR count). The first-order chi connectivity index (χ1) is 11.0. The van der Waals surface area contributed by atoms with Gasteiger partial charge in [0.2, 0.25) is 5.92 Å². The first-order valence-electron chi connectivity index (χ1n) is 7.41. The van der Waals surface area contributed by atoms with E-state index in [-0.39, 0.29) is 38.1 Å². The summed E-state index contributed by atoms with van der Waals surface area (Å²) in [5, 5.41) is -1.10. The topological polar surface area (TPSA) is 59.1 Å². The van der Waals surface area contributed by atoms with Crippen LogP contribution in [0.5, 0.6) is 0 Å². The molecule has 0 radical (unpaired) electrons. The third-order valence-electron chi connectivity index (χ3n) is 3.97. The molecule has 0 bridgehead atoms. The summed E-state index contributed by atoms with van der Waals surface area (Å²) < 4.78 is 91.6. The van der Waals surface area contributed by atoms with Crippen LogP contribution < -0.4 is 4.72 Å². The van der Waals surface area contributed by atoms with E-state index in [0.717, 1.165) is 12.3 Å². The fraction of sp³-hybridized carbons (Fsp3) is 0.643. The van der Waals surface area contributed by atoms with E-state index < -0.39 is 32.7 Å². The molecule has 4 nitrogen and oxygen atoms in total. The summed E-state index contributed by atoms with van der Waals surface area (Å²) in [6.45, 7) is -0.188. The van der Waals surface area contributed by atoms with Crippen molar-refractivity contribution in [2.24, 2.45) is 5.92 Å². The van der Waals surface area contributed by atoms with Crippen LogP contribution in [-0.2, 0) is 16.2 Å². The van der Waals surface area contributed by atoms with E-state index in [1.165, 1.54) is 0 Å². The van der Waals surface area contributed by atoms with Gasteiger partial charge in [-0.2, -0.15) is 13.2 Å². The minimum Gasteiger partial charge on any atom is -0.243 e. The highest BCUT2D eigenvalue weighted by Gasteiger charge is 2.38. The van der Waals surface area contributed by atoms with Gasteiger partial charge >= 0.3 is 6.18 Å². The Labute approximate surface area is 136 Å². The molecular formula is C14H17F5N2O2S. The van der Waals surface area contributed by atoms with E-state index in [1.54, 1.807) is 0 Å². The smallest absolute Gasteiger partial charge is 0.243 e. The molecule has 1 unspecified atom stereocenters. The van der Waals surface area contributed by atoms with Crippen molar-refractivity contribution in [3.05, 3.63) is 23.9 Å². The Balaban J connectivity index is 2.10. The molecule has 0 amide bonds. The van der Waals surface area contributed by atoms with Crippen molar-refractivity contribution in [2.75, 3.05) is 6.54 Å². The second-order valence-electron chi connectivity index (χ2n) is 5.86. The Hall–Kier alpha value is -1.29. The SMILES string of the molecule is O=S(=O)(NCC1CCCC(F)(F)CC1)c1ncccc1C(F)(F)F. The highest BCUT2D eigenvalue weighted by atomic mass is 32.2. The maximum absolute atomic E-state index is 13.3. The van der Waals surface area contributed by atoms with Gasteiger partial charge in [0.05, 0.1) is 5.56 Å². The number of sulfonamides is 1. The lowest BCUT2D eigenvalue weighted by Crippen LogP contribution is -2.31. The zero-order valence-corrected chi connectivity index (χ0v) is 13.4. The predicted octanol–water partition coefficient (Wildman–Crippen LogP) is 3.59. The molecule has 1 atom stereocenters. The number of nitrogens with zero attached hydrogens (tertiary/aromatic N) is 1. The van der Waals surface area contributed by atoms with E-state index in [9.17, 15) is 30.4 Å². The monoisotopic (exact) mass is 372 g/mol. The summed E-state index contributed by atoms with van der Waals surface area (Å²) in [4.78, 5) is 3.33. The Morgan fingerprint density at radius 2 is 1.96 bits per heavy atom. The minimum absolute atomic E-state index is 0.115. The van der Waals surface area contributed by atoms with Gasteiger partial charge in [0, 0.05) is 25.6 Å². The van der Waals surface area contributed by atoms with Crippen LogP contribution in [0.2, 0.25) is 0 Å². The van der Waals surface area contributed by atoms with Gasteiger partial charge in [-0.3, -0.25) is 0 Å². The van der Waals surface area contributed by atoms with Gasteiger partial charge in [0.1, 0.15) is 0 Å². The van der Waals surface area contributed by atoms with Crippen LogP contribution in [0.1, 0.15) is 37.7 Å². The highest BCUT2D eigenvalue weighted by Crippen LogP contribution is 2.35. The lowest BCUT2D eigenvalue weighted by Gasteiger charge is -2.17. The molecule has 1 aromatic heterocycles. The molecule has 0 aromatic carbocycles. The molecule has 1 saturated carbocycles. The highest BCUT2D eigenvalue weighted by molar-refractivity contribution is 7.89. The van der Waals surface area contributed by atoms with Crippen molar-refractivity contribution in [1.82, 2.24) is 9.71 Å². The van der Waals surface area contributed by atoms with Gasteiger partial charge in [-0.15, -0.1) is 0 Å². The first-order valence-corrected chi connectivity index (χ1v) is 8.89. The van der Waals surface area contributed by atoms with Crippen LogP contribution in [0, 0.1) is 5.92 Å². The second-order valence-corrected chi connectivity index (χ2v) is 7.54. The molecular weight excluding hydrogens is 355 g/mol. The van der Waals surface area contributed by atoms with Crippen LogP contribution in [0.3, 0.4) is 0 Å². The molecule has 1 aliphatic rings. The molecule has 136 valence electrons. The number of alkyl halides is 5. The van der Waals surface area contributed by atoms with Gasteiger partial charge in [0.15, 0.2) is 5.03 Å². The number of hydrogen-bond donors (Lipinski definition) is 1. The summed E-state index contributed by atoms with van der Waals surface area (Å²) >= 11 is 0. The molecule has 0 spiro atoms. The molecule has 1 N–H and O–H groups in total. The zero-order valence-electron chi connectivity index (χ0n) is 12.6. The van der Waals surface area contributed by atoms with Crippen LogP contribution >= 0.6 is 0 Å². The molecule has 1 aromatic rings. The maximum Gasteiger partial charge on any atom is 0.419 e. The normalized spacial score (nSPS) is 22.1. The van der Waals surface area contributed by atoms with E-state index in [1.807, 2.05) is 0 Å². The molecule has 0 aliphatic heterocycles. The quantitative estimate of drug-likeness (QED) is 0.649. The van der Waals surface area contributed by atoms with Crippen LogP contribution in [0.15, 0.2) is 23.4 Å². The van der Waals surface area contributed by atoms with Crippen molar-refractivity contribution >= 4 is 10.0 Å². The number of halogens is 5. The zero-order chi connectivity index (χ0) is 18.0. The first kappa shape index (κ1) is 19.0. The largest absolute Gasteiger partial charge is 0.419 e. The Morgan fingerprint density at radius 1 is 1.25 bits per heavy atom. The molecule has 10 heteroatoms. The van der Waals surface area contributed by atoms with Crippen molar-refractivity contribution < 1.29 is 30.4 Å². The van der Waals surface area contributed by atoms with E-state index in [4.69, 9.17) is 0 Å². The summed E-state index contributed by atoms with van der Waals surface area (Å²) in [5.41, 5.74) is -1.36. The third-order valence-corrected chi connectivity index (χ3v) is 5.35. The Bertz CT molecular complexity index is 676. The number of pyridine rings is 1.